The van der Waals surface area contributed by atoms with Gasteiger partial charge in [0.05, 0.1) is 6.10 Å². The zero-order valence-electron chi connectivity index (χ0n) is 7.46. The van der Waals surface area contributed by atoms with Gasteiger partial charge in [0.25, 0.3) is 0 Å². The lowest BCUT2D eigenvalue weighted by molar-refractivity contribution is 0.0752. The van der Waals surface area contributed by atoms with E-state index in [1.54, 1.807) is 0 Å². The maximum absolute atomic E-state index is 9.35. The number of nitrogens with two attached hydrogens (primary N) is 1. The van der Waals surface area contributed by atoms with E-state index in [1.807, 2.05) is 0 Å². The van der Waals surface area contributed by atoms with E-state index in [1.165, 1.54) is 0 Å². The van der Waals surface area contributed by atoms with Crippen LogP contribution in [0.2, 0.25) is 0 Å². The van der Waals surface area contributed by atoms with E-state index in [4.69, 9.17) is 5.73 Å². The topological polar surface area (TPSA) is 46.2 Å². The molecule has 3 atom stereocenters. The fourth-order valence-electron chi connectivity index (χ4n) is 1.83. The van der Waals surface area contributed by atoms with Crippen molar-refractivity contribution in [2.75, 3.05) is 0 Å². The fourth-order valence-corrected chi connectivity index (χ4v) is 1.83. The SMILES string of the molecule is CC(C)C1CCC(O)C(N)C1. The zero-order chi connectivity index (χ0) is 8.43. The van der Waals surface area contributed by atoms with E-state index in [9.17, 15) is 5.11 Å². The third kappa shape index (κ3) is 2.17. The zero-order valence-corrected chi connectivity index (χ0v) is 7.46. The molecule has 1 aliphatic rings. The first kappa shape index (κ1) is 9.01. The Balaban J connectivity index is 2.40. The van der Waals surface area contributed by atoms with Crippen LogP contribution in [0, 0.1) is 11.8 Å². The Morgan fingerprint density at radius 1 is 1.36 bits per heavy atom. The monoisotopic (exact) mass is 157 g/mol. The molecule has 3 N–H and O–H groups in total. The molecule has 0 radical (unpaired) electrons. The molecule has 2 nitrogen and oxygen atoms in total. The van der Waals surface area contributed by atoms with Gasteiger partial charge in [-0.05, 0) is 31.1 Å². The Hall–Kier alpha value is -0.0800. The van der Waals surface area contributed by atoms with Crippen molar-refractivity contribution in [2.45, 2.75) is 45.3 Å². The van der Waals surface area contributed by atoms with Crippen molar-refractivity contribution in [3.05, 3.63) is 0 Å². The minimum Gasteiger partial charge on any atom is -0.392 e. The van der Waals surface area contributed by atoms with Crippen LogP contribution in [-0.4, -0.2) is 17.3 Å². The van der Waals surface area contributed by atoms with Gasteiger partial charge in [-0.15, -0.1) is 0 Å². The van der Waals surface area contributed by atoms with E-state index in [2.05, 4.69) is 13.8 Å². The second kappa shape index (κ2) is 3.55. The quantitative estimate of drug-likeness (QED) is 0.599. The first-order valence-corrected chi connectivity index (χ1v) is 4.55. The van der Waals surface area contributed by atoms with Crippen LogP contribution in [0.1, 0.15) is 33.1 Å². The molecule has 3 unspecified atom stereocenters. The second-order valence-electron chi connectivity index (χ2n) is 4.05. The van der Waals surface area contributed by atoms with Crippen molar-refractivity contribution in [1.29, 1.82) is 0 Å². The highest BCUT2D eigenvalue weighted by molar-refractivity contribution is 4.83. The van der Waals surface area contributed by atoms with Crippen molar-refractivity contribution in [2.24, 2.45) is 17.6 Å². The summed E-state index contributed by atoms with van der Waals surface area (Å²) in [6.07, 6.45) is 2.79. The fraction of sp³-hybridized carbons (Fsp3) is 1.00. The molecule has 0 amide bonds. The first-order chi connectivity index (χ1) is 5.11. The highest BCUT2D eigenvalue weighted by Crippen LogP contribution is 2.29. The predicted octanol–water partition coefficient (Wildman–Crippen LogP) is 1.13. The third-order valence-corrected chi connectivity index (χ3v) is 2.85. The Morgan fingerprint density at radius 3 is 2.45 bits per heavy atom. The molecule has 0 bridgehead atoms. The van der Waals surface area contributed by atoms with Gasteiger partial charge in [-0.25, -0.2) is 0 Å². The molecule has 0 heterocycles. The highest BCUT2D eigenvalue weighted by Gasteiger charge is 2.27. The number of rotatable bonds is 1. The maximum atomic E-state index is 9.35. The lowest BCUT2D eigenvalue weighted by Crippen LogP contribution is -2.41. The Labute approximate surface area is 68.8 Å². The number of aliphatic hydroxyl groups is 1. The minimum atomic E-state index is -0.245. The van der Waals surface area contributed by atoms with Gasteiger partial charge in [-0.3, -0.25) is 0 Å². The minimum absolute atomic E-state index is 0.0242. The summed E-state index contributed by atoms with van der Waals surface area (Å²) in [6, 6.07) is 0.0242. The summed E-state index contributed by atoms with van der Waals surface area (Å²) in [7, 11) is 0. The summed E-state index contributed by atoms with van der Waals surface area (Å²) in [5.41, 5.74) is 5.76. The van der Waals surface area contributed by atoms with Crippen molar-refractivity contribution in [3.63, 3.8) is 0 Å². The summed E-state index contributed by atoms with van der Waals surface area (Å²) < 4.78 is 0. The second-order valence-corrected chi connectivity index (χ2v) is 4.05. The molecule has 1 saturated carbocycles. The van der Waals surface area contributed by atoms with Gasteiger partial charge >= 0.3 is 0 Å². The smallest absolute Gasteiger partial charge is 0.0691 e. The predicted molar refractivity (Wildman–Crippen MR) is 46.2 cm³/mol. The lowest BCUT2D eigenvalue weighted by Gasteiger charge is -2.32. The largest absolute Gasteiger partial charge is 0.392 e. The number of hydrogen-bond acceptors (Lipinski definition) is 2. The van der Waals surface area contributed by atoms with Crippen LogP contribution in [0.25, 0.3) is 0 Å². The van der Waals surface area contributed by atoms with Gasteiger partial charge < -0.3 is 10.8 Å². The Morgan fingerprint density at radius 2 is 2.00 bits per heavy atom. The molecule has 0 aromatic carbocycles. The van der Waals surface area contributed by atoms with Gasteiger partial charge in [0, 0.05) is 6.04 Å². The summed E-state index contributed by atoms with van der Waals surface area (Å²) >= 11 is 0. The van der Waals surface area contributed by atoms with Crippen LogP contribution in [0.15, 0.2) is 0 Å². The standard InChI is InChI=1S/C9H19NO/c1-6(2)7-3-4-9(11)8(10)5-7/h6-9,11H,3-5,10H2,1-2H3. The van der Waals surface area contributed by atoms with Crippen LogP contribution in [0.3, 0.4) is 0 Å². The summed E-state index contributed by atoms with van der Waals surface area (Å²) in [4.78, 5) is 0. The van der Waals surface area contributed by atoms with Gasteiger partial charge in [0.2, 0.25) is 0 Å². The van der Waals surface area contributed by atoms with Crippen LogP contribution in [-0.2, 0) is 0 Å². The van der Waals surface area contributed by atoms with Crippen LogP contribution in [0.4, 0.5) is 0 Å². The summed E-state index contributed by atoms with van der Waals surface area (Å²) in [6.45, 7) is 4.46. The molecule has 11 heavy (non-hydrogen) atoms. The maximum Gasteiger partial charge on any atom is 0.0691 e. The molecule has 2 heteroatoms. The molecule has 1 rings (SSSR count). The third-order valence-electron chi connectivity index (χ3n) is 2.85. The average Bonchev–Trinajstić information content (AvgIpc) is 1.94. The molecule has 0 aromatic rings. The molecule has 66 valence electrons. The van der Waals surface area contributed by atoms with Gasteiger partial charge in [0.1, 0.15) is 0 Å². The molecular weight excluding hydrogens is 138 g/mol. The molecule has 0 aromatic heterocycles. The van der Waals surface area contributed by atoms with E-state index in [0.717, 1.165) is 25.2 Å². The highest BCUT2D eigenvalue weighted by atomic mass is 16.3. The molecule has 1 fully saturated rings. The number of hydrogen-bond donors (Lipinski definition) is 2. The summed E-state index contributed by atoms with van der Waals surface area (Å²) in [5, 5.41) is 9.35. The molecule has 0 aliphatic heterocycles. The molecular formula is C9H19NO. The molecule has 0 saturated heterocycles. The van der Waals surface area contributed by atoms with Gasteiger partial charge in [0.15, 0.2) is 0 Å². The van der Waals surface area contributed by atoms with Gasteiger partial charge in [-0.2, -0.15) is 0 Å². The van der Waals surface area contributed by atoms with E-state index >= 15 is 0 Å². The molecule has 1 aliphatic carbocycles. The van der Waals surface area contributed by atoms with Gasteiger partial charge in [-0.1, -0.05) is 13.8 Å². The summed E-state index contributed by atoms with van der Waals surface area (Å²) in [5.74, 6) is 1.45. The first-order valence-electron chi connectivity index (χ1n) is 4.55. The normalized spacial score (nSPS) is 39.5. The molecule has 0 spiro atoms. The number of aliphatic hydroxyl groups excluding tert-OH is 1. The Bertz CT molecular complexity index is 125. The van der Waals surface area contributed by atoms with Crippen LogP contribution >= 0.6 is 0 Å². The van der Waals surface area contributed by atoms with E-state index in [-0.39, 0.29) is 12.1 Å². The Kier molecular flexibility index (Phi) is 2.90. The van der Waals surface area contributed by atoms with E-state index in [0.29, 0.717) is 5.92 Å². The van der Waals surface area contributed by atoms with Crippen molar-refractivity contribution in [1.82, 2.24) is 0 Å². The van der Waals surface area contributed by atoms with Crippen molar-refractivity contribution >= 4 is 0 Å². The van der Waals surface area contributed by atoms with E-state index < -0.39 is 0 Å². The lowest BCUT2D eigenvalue weighted by atomic mass is 9.78. The van der Waals surface area contributed by atoms with Crippen LogP contribution < -0.4 is 5.73 Å². The van der Waals surface area contributed by atoms with Crippen molar-refractivity contribution in [3.8, 4) is 0 Å². The van der Waals surface area contributed by atoms with Crippen LogP contribution in [0.5, 0.6) is 0 Å². The average molecular weight is 157 g/mol. The van der Waals surface area contributed by atoms with Crippen molar-refractivity contribution < 1.29 is 5.11 Å².